The van der Waals surface area contributed by atoms with E-state index in [2.05, 4.69) is 25.8 Å². The van der Waals surface area contributed by atoms with Gasteiger partial charge in [0.1, 0.15) is 10.8 Å². The summed E-state index contributed by atoms with van der Waals surface area (Å²) >= 11 is 9.90. The molecule has 2 rings (SSSR count). The molecular weight excluding hydrogens is 394 g/mol. The molecule has 2 aromatic heterocycles. The van der Waals surface area contributed by atoms with Crippen LogP contribution in [0.4, 0.5) is 5.69 Å². The Morgan fingerprint density at radius 1 is 1.60 bits per heavy atom. The van der Waals surface area contributed by atoms with Gasteiger partial charge in [-0.2, -0.15) is 5.10 Å². The fourth-order valence-electron chi connectivity index (χ4n) is 1.31. The maximum atomic E-state index is 12.1. The number of carboxylic acids is 1. The molecule has 0 atom stereocenters. The third kappa shape index (κ3) is 3.51. The third-order valence-corrected chi connectivity index (χ3v) is 6.40. The molecule has 0 amide bonds. The van der Waals surface area contributed by atoms with Crippen LogP contribution in [0.1, 0.15) is 0 Å². The van der Waals surface area contributed by atoms with Crippen molar-refractivity contribution >= 4 is 60.5 Å². The normalized spacial score (nSPS) is 11.5. The summed E-state index contributed by atoms with van der Waals surface area (Å²) in [6.45, 7) is -0.349. The lowest BCUT2D eigenvalue weighted by molar-refractivity contribution is -0.137. The van der Waals surface area contributed by atoms with Gasteiger partial charge in [0, 0.05) is 6.20 Å². The lowest BCUT2D eigenvalue weighted by Gasteiger charge is -2.02. The van der Waals surface area contributed by atoms with Gasteiger partial charge in [-0.1, -0.05) is 11.6 Å². The molecule has 0 spiro atoms. The highest BCUT2D eigenvalue weighted by Crippen LogP contribution is 2.35. The highest BCUT2D eigenvalue weighted by Gasteiger charge is 2.20. The van der Waals surface area contributed by atoms with Crippen molar-refractivity contribution < 1.29 is 18.3 Å². The summed E-state index contributed by atoms with van der Waals surface area (Å²) in [6.07, 6.45) is 2.51. The summed E-state index contributed by atoms with van der Waals surface area (Å²) in [5.74, 6) is -1.07. The molecule has 0 saturated heterocycles. The molecule has 2 heterocycles. The molecule has 0 aliphatic heterocycles. The Morgan fingerprint density at radius 3 is 2.85 bits per heavy atom. The van der Waals surface area contributed by atoms with E-state index < -0.39 is 16.0 Å². The number of halogens is 2. The predicted octanol–water partition coefficient (Wildman–Crippen LogP) is 2.25. The molecule has 11 heteroatoms. The van der Waals surface area contributed by atoms with Crippen LogP contribution in [-0.4, -0.2) is 29.3 Å². The zero-order chi connectivity index (χ0) is 14.9. The fraction of sp³-hybridized carbons (Fsp3) is 0.111. The summed E-state index contributed by atoms with van der Waals surface area (Å²) in [5.41, 5.74) is 0.173. The first-order valence-corrected chi connectivity index (χ1v) is 8.47. The highest BCUT2D eigenvalue weighted by molar-refractivity contribution is 9.11. The Hall–Kier alpha value is -1.10. The summed E-state index contributed by atoms with van der Waals surface area (Å²) in [4.78, 5) is 10.5. The zero-order valence-corrected chi connectivity index (χ0v) is 13.6. The van der Waals surface area contributed by atoms with Gasteiger partial charge in [-0.25, -0.2) is 8.42 Å². The smallest absolute Gasteiger partial charge is 0.325 e. The van der Waals surface area contributed by atoms with Crippen LogP contribution in [0.2, 0.25) is 5.02 Å². The van der Waals surface area contributed by atoms with E-state index in [9.17, 15) is 13.2 Å². The van der Waals surface area contributed by atoms with Gasteiger partial charge in [-0.3, -0.25) is 14.2 Å². The number of hydrogen-bond donors (Lipinski definition) is 2. The van der Waals surface area contributed by atoms with E-state index in [1.54, 1.807) is 0 Å². The number of hydrogen-bond acceptors (Lipinski definition) is 5. The van der Waals surface area contributed by atoms with Gasteiger partial charge >= 0.3 is 5.97 Å². The van der Waals surface area contributed by atoms with Crippen LogP contribution in [0.5, 0.6) is 0 Å². The Kier molecular flexibility index (Phi) is 4.37. The van der Waals surface area contributed by atoms with Crippen molar-refractivity contribution in [3.05, 3.63) is 27.3 Å². The number of sulfonamides is 1. The van der Waals surface area contributed by atoms with Crippen molar-refractivity contribution in [1.29, 1.82) is 0 Å². The van der Waals surface area contributed by atoms with Crippen LogP contribution in [0.15, 0.2) is 26.5 Å². The van der Waals surface area contributed by atoms with Crippen molar-refractivity contribution in [1.82, 2.24) is 9.78 Å². The zero-order valence-electron chi connectivity index (χ0n) is 9.58. The topological polar surface area (TPSA) is 101 Å². The van der Waals surface area contributed by atoms with Crippen LogP contribution < -0.4 is 4.72 Å². The molecule has 0 fully saturated rings. The lowest BCUT2D eigenvalue weighted by Crippen LogP contribution is -2.11. The van der Waals surface area contributed by atoms with Gasteiger partial charge in [0.25, 0.3) is 10.0 Å². The van der Waals surface area contributed by atoms with Gasteiger partial charge in [0.15, 0.2) is 0 Å². The number of nitrogens with zero attached hydrogens (tertiary/aromatic N) is 2. The lowest BCUT2D eigenvalue weighted by atomic mass is 10.6. The minimum atomic E-state index is -3.78. The van der Waals surface area contributed by atoms with E-state index in [4.69, 9.17) is 16.7 Å². The molecule has 0 aliphatic rings. The standard InChI is InChI=1S/C9H7BrClN3O4S2/c10-9-6(11)1-8(19-9)20(17,18)13-5-2-12-14(3-5)4-7(15)16/h1-3,13H,4H2,(H,15,16). The highest BCUT2D eigenvalue weighted by atomic mass is 79.9. The van der Waals surface area contributed by atoms with Crippen molar-refractivity contribution in [3.8, 4) is 0 Å². The average molecular weight is 401 g/mol. The van der Waals surface area contributed by atoms with Gasteiger partial charge in [0.05, 0.1) is 20.7 Å². The average Bonchev–Trinajstić information content (AvgIpc) is 2.86. The second-order valence-corrected chi connectivity index (χ2v) is 8.30. The minimum Gasteiger partial charge on any atom is -0.480 e. The first kappa shape index (κ1) is 15.3. The Labute approximate surface area is 131 Å². The van der Waals surface area contributed by atoms with Crippen LogP contribution in [0.25, 0.3) is 0 Å². The number of carbonyl (C=O) groups is 1. The minimum absolute atomic E-state index is 0.0420. The number of aliphatic carboxylic acids is 1. The van der Waals surface area contributed by atoms with Crippen LogP contribution in [-0.2, 0) is 21.4 Å². The van der Waals surface area contributed by atoms with Crippen LogP contribution >= 0.6 is 38.9 Å². The molecule has 20 heavy (non-hydrogen) atoms. The Morgan fingerprint density at radius 2 is 2.30 bits per heavy atom. The monoisotopic (exact) mass is 399 g/mol. The Bertz CT molecular complexity index is 736. The maximum Gasteiger partial charge on any atom is 0.325 e. The van der Waals surface area contributed by atoms with E-state index in [1.165, 1.54) is 18.5 Å². The second kappa shape index (κ2) is 5.72. The summed E-state index contributed by atoms with van der Waals surface area (Å²) in [7, 11) is -3.78. The van der Waals surface area contributed by atoms with E-state index in [0.29, 0.717) is 8.81 Å². The van der Waals surface area contributed by atoms with Crippen molar-refractivity contribution in [2.45, 2.75) is 10.8 Å². The quantitative estimate of drug-likeness (QED) is 0.801. The molecule has 2 aromatic rings. The molecule has 0 radical (unpaired) electrons. The number of rotatable bonds is 5. The van der Waals surface area contributed by atoms with E-state index in [-0.39, 0.29) is 16.4 Å². The molecule has 108 valence electrons. The largest absolute Gasteiger partial charge is 0.480 e. The number of anilines is 1. The summed E-state index contributed by atoms with van der Waals surface area (Å²) in [6, 6.07) is 1.32. The fourth-order valence-corrected chi connectivity index (χ4v) is 4.73. The van der Waals surface area contributed by atoms with E-state index in [0.717, 1.165) is 16.0 Å². The SMILES string of the molecule is O=C(O)Cn1cc(NS(=O)(=O)c2cc(Cl)c(Br)s2)cn1. The molecule has 0 bridgehead atoms. The molecule has 2 N–H and O–H groups in total. The first-order valence-electron chi connectivity index (χ1n) is 5.00. The Balaban J connectivity index is 2.20. The van der Waals surface area contributed by atoms with Gasteiger partial charge in [-0.15, -0.1) is 11.3 Å². The number of nitrogens with one attached hydrogen (secondary N) is 1. The van der Waals surface area contributed by atoms with Gasteiger partial charge in [0.2, 0.25) is 0 Å². The van der Waals surface area contributed by atoms with E-state index in [1.807, 2.05) is 0 Å². The number of aromatic nitrogens is 2. The molecular formula is C9H7BrClN3O4S2. The van der Waals surface area contributed by atoms with Gasteiger partial charge in [-0.05, 0) is 22.0 Å². The molecule has 0 aromatic carbocycles. The second-order valence-electron chi connectivity index (χ2n) is 3.61. The van der Waals surface area contributed by atoms with Crippen LogP contribution in [0, 0.1) is 0 Å². The van der Waals surface area contributed by atoms with Crippen molar-refractivity contribution in [2.75, 3.05) is 4.72 Å². The molecule has 0 unspecified atom stereocenters. The number of carboxylic acid groups (broad SMARTS) is 1. The summed E-state index contributed by atoms with van der Waals surface area (Å²) < 4.78 is 28.1. The third-order valence-electron chi connectivity index (χ3n) is 2.07. The van der Waals surface area contributed by atoms with Crippen molar-refractivity contribution in [2.24, 2.45) is 0 Å². The van der Waals surface area contributed by atoms with Crippen molar-refractivity contribution in [3.63, 3.8) is 0 Å². The summed E-state index contributed by atoms with van der Waals surface area (Å²) in [5, 5.41) is 12.6. The van der Waals surface area contributed by atoms with E-state index >= 15 is 0 Å². The molecule has 0 aliphatic carbocycles. The molecule has 0 saturated carbocycles. The van der Waals surface area contributed by atoms with Crippen LogP contribution in [0.3, 0.4) is 0 Å². The first-order chi connectivity index (χ1) is 9.28. The molecule has 7 nitrogen and oxygen atoms in total. The maximum absolute atomic E-state index is 12.1. The number of thiophene rings is 1. The van der Waals surface area contributed by atoms with Gasteiger partial charge < -0.3 is 5.11 Å². The predicted molar refractivity (Wildman–Crippen MR) is 77.7 cm³/mol.